The fraction of sp³-hybridized carbons (Fsp3) is 0.537. The van der Waals surface area contributed by atoms with E-state index in [4.69, 9.17) is 33.5 Å². The molecule has 0 amide bonds. The molecule has 4 heterocycles. The predicted octanol–water partition coefficient (Wildman–Crippen LogP) is 12.2. The van der Waals surface area contributed by atoms with E-state index in [2.05, 4.69) is 73.6 Å². The van der Waals surface area contributed by atoms with Crippen LogP contribution in [0.2, 0.25) is 0 Å². The summed E-state index contributed by atoms with van der Waals surface area (Å²) in [5.74, 6) is 4.80. The summed E-state index contributed by atoms with van der Waals surface area (Å²) in [6.45, 7) is 3.06. The molecule has 10 nitrogen and oxygen atoms in total. The first-order chi connectivity index (χ1) is 31.1. The van der Waals surface area contributed by atoms with Gasteiger partial charge in [-0.25, -0.2) is 0 Å². The van der Waals surface area contributed by atoms with Crippen LogP contribution in [0.1, 0.15) is 135 Å². The Morgan fingerprint density at radius 3 is 1.92 bits per heavy atom. The average molecular weight is 878 g/mol. The molecule has 0 spiro atoms. The molecule has 3 unspecified atom stereocenters. The zero-order valence-electron chi connectivity index (χ0n) is 39.5. The third kappa shape index (κ3) is 11.3. The molecule has 0 saturated heterocycles. The normalized spacial score (nSPS) is 19.1. The highest BCUT2D eigenvalue weighted by Crippen LogP contribution is 2.52. The molecule has 10 heteroatoms. The number of hydrogen-bond acceptors (Lipinski definition) is 8. The van der Waals surface area contributed by atoms with Crippen molar-refractivity contribution in [3.05, 3.63) is 94.0 Å². The molecule has 3 atom stereocenters. The number of carboxylic acid groups (broad SMARTS) is 1. The van der Waals surface area contributed by atoms with Crippen molar-refractivity contribution in [2.75, 3.05) is 62.2 Å². The monoisotopic (exact) mass is 878 g/mol. The number of quaternary nitrogens is 1. The predicted molar refractivity (Wildman–Crippen MR) is 253 cm³/mol. The number of carbonyl (C=O) groups is 1. The minimum Gasteiger partial charge on any atom is -0.493 e. The third-order valence-electron chi connectivity index (χ3n) is 14.3. The summed E-state index contributed by atoms with van der Waals surface area (Å²) in [5, 5.41) is 8.82. The molecule has 8 rings (SSSR count). The molecule has 4 aliphatic heterocycles. The lowest BCUT2D eigenvalue weighted by atomic mass is 9.85. The van der Waals surface area contributed by atoms with Crippen LogP contribution in [0.5, 0.6) is 46.0 Å². The van der Waals surface area contributed by atoms with Crippen molar-refractivity contribution >= 4 is 5.97 Å². The number of methoxy groups -OCH3 is 4. The van der Waals surface area contributed by atoms with E-state index in [0.29, 0.717) is 47.3 Å². The summed E-state index contributed by atoms with van der Waals surface area (Å²) >= 11 is 0. The van der Waals surface area contributed by atoms with Gasteiger partial charge in [-0.05, 0) is 104 Å². The molecule has 4 aromatic rings. The Balaban J connectivity index is 1.15. The molecule has 64 heavy (non-hydrogen) atoms. The van der Waals surface area contributed by atoms with Crippen molar-refractivity contribution in [2.24, 2.45) is 0 Å². The van der Waals surface area contributed by atoms with Crippen LogP contribution in [0.4, 0.5) is 0 Å². The molecule has 346 valence electrons. The van der Waals surface area contributed by atoms with Gasteiger partial charge in [0.15, 0.2) is 34.5 Å². The zero-order chi connectivity index (χ0) is 45.1. The minimum absolute atomic E-state index is 0.0199. The fourth-order valence-electron chi connectivity index (χ4n) is 10.5. The fourth-order valence-corrected chi connectivity index (χ4v) is 10.5. The Bertz CT molecular complexity index is 2170. The maximum absolute atomic E-state index is 10.7. The maximum atomic E-state index is 10.7. The number of fused-ring (bicyclic) bond motifs is 2. The lowest BCUT2D eigenvalue weighted by Crippen LogP contribution is -2.52. The van der Waals surface area contributed by atoms with E-state index >= 15 is 0 Å². The van der Waals surface area contributed by atoms with Crippen LogP contribution >= 0.6 is 0 Å². The second-order valence-electron chi connectivity index (χ2n) is 18.6. The van der Waals surface area contributed by atoms with Gasteiger partial charge in [-0.15, -0.1) is 0 Å². The maximum Gasteiger partial charge on any atom is 0.303 e. The number of benzene rings is 4. The topological polar surface area (TPSA) is 95.9 Å². The third-order valence-corrected chi connectivity index (χ3v) is 14.3. The largest absolute Gasteiger partial charge is 0.493 e. The van der Waals surface area contributed by atoms with Crippen LogP contribution in [0, 0.1) is 0 Å². The first-order valence-corrected chi connectivity index (χ1v) is 24.0. The number of nitrogens with zero attached hydrogens (tertiary/aromatic N) is 2. The summed E-state index contributed by atoms with van der Waals surface area (Å²) in [7, 11) is 11.5. The second kappa shape index (κ2) is 22.3. The van der Waals surface area contributed by atoms with Crippen LogP contribution in [0.15, 0.2) is 60.7 Å². The molecule has 0 fully saturated rings. The van der Waals surface area contributed by atoms with Crippen molar-refractivity contribution in [1.29, 1.82) is 0 Å². The minimum atomic E-state index is -0.677. The summed E-state index contributed by atoms with van der Waals surface area (Å²) in [6.07, 6.45) is 19.4. The highest BCUT2D eigenvalue weighted by Gasteiger charge is 2.40. The van der Waals surface area contributed by atoms with Crippen LogP contribution < -0.4 is 28.4 Å². The molecule has 1 N–H and O–H groups in total. The van der Waals surface area contributed by atoms with Crippen molar-refractivity contribution < 1.29 is 42.8 Å². The lowest BCUT2D eigenvalue weighted by Gasteiger charge is -2.46. The Morgan fingerprint density at radius 2 is 1.28 bits per heavy atom. The van der Waals surface area contributed by atoms with Crippen molar-refractivity contribution in [3.8, 4) is 46.0 Å². The number of aliphatic carboxylic acids is 1. The summed E-state index contributed by atoms with van der Waals surface area (Å²) < 4.78 is 38.9. The SMILES string of the molecule is COc1ccc2cc1Oc1ccc(cc1)CC1c3cc(c(OC)cc3CC[N+]1(C)CCCCCCCCCCCCCCCC(=O)O)Oc1c(OC)c(OC)cc3c1C(C2)N(C)CC3. The van der Waals surface area contributed by atoms with E-state index in [-0.39, 0.29) is 12.1 Å². The van der Waals surface area contributed by atoms with E-state index in [1.807, 2.05) is 6.07 Å². The smallest absolute Gasteiger partial charge is 0.303 e. The first-order valence-electron chi connectivity index (χ1n) is 24.0. The van der Waals surface area contributed by atoms with Gasteiger partial charge in [0.25, 0.3) is 0 Å². The number of carboxylic acids is 1. The van der Waals surface area contributed by atoms with E-state index in [1.54, 1.807) is 28.4 Å². The molecular weight excluding hydrogens is 805 g/mol. The average Bonchev–Trinajstić information content (AvgIpc) is 3.29. The van der Waals surface area contributed by atoms with Gasteiger partial charge in [-0.1, -0.05) is 82.4 Å². The van der Waals surface area contributed by atoms with Crippen LogP contribution in [-0.4, -0.2) is 82.6 Å². The summed E-state index contributed by atoms with van der Waals surface area (Å²) in [5.41, 5.74) is 7.31. The molecule has 0 aliphatic carbocycles. The van der Waals surface area contributed by atoms with E-state index < -0.39 is 5.97 Å². The van der Waals surface area contributed by atoms with Gasteiger partial charge in [0.2, 0.25) is 5.75 Å². The number of ether oxygens (including phenoxy) is 6. The second-order valence-corrected chi connectivity index (χ2v) is 18.6. The number of hydrogen-bond donors (Lipinski definition) is 1. The number of unbranched alkanes of at least 4 members (excludes halogenated alkanes) is 12. The highest BCUT2D eigenvalue weighted by molar-refractivity contribution is 5.66. The van der Waals surface area contributed by atoms with Crippen molar-refractivity contribution in [1.82, 2.24) is 4.90 Å². The van der Waals surface area contributed by atoms with Crippen molar-refractivity contribution in [3.63, 3.8) is 0 Å². The summed E-state index contributed by atoms with van der Waals surface area (Å²) in [6, 6.07) is 21.7. The molecule has 6 bridgehead atoms. The van der Waals surface area contributed by atoms with E-state index in [9.17, 15) is 4.79 Å². The van der Waals surface area contributed by atoms with Crippen LogP contribution in [0.3, 0.4) is 0 Å². The molecule has 0 saturated carbocycles. The molecular formula is C54H73N2O8+. The Kier molecular flexibility index (Phi) is 16.4. The Morgan fingerprint density at radius 1 is 0.672 bits per heavy atom. The first kappa shape index (κ1) is 47.0. The van der Waals surface area contributed by atoms with Crippen LogP contribution in [-0.2, 0) is 30.5 Å². The van der Waals surface area contributed by atoms with Gasteiger partial charge >= 0.3 is 5.97 Å². The molecule has 0 radical (unpaired) electrons. The quantitative estimate of drug-likeness (QED) is 0.0688. The molecule has 4 aliphatic rings. The number of rotatable bonds is 20. The molecule has 4 aromatic carbocycles. The van der Waals surface area contributed by atoms with Gasteiger partial charge in [0.05, 0.1) is 48.6 Å². The van der Waals surface area contributed by atoms with E-state index in [1.165, 1.54) is 86.5 Å². The van der Waals surface area contributed by atoms with Gasteiger partial charge in [-0.2, -0.15) is 0 Å². The Hall–Kier alpha value is -4.93. The van der Waals surface area contributed by atoms with Gasteiger partial charge in [0, 0.05) is 43.0 Å². The standard InChI is InChI=1S/C54H72N2O8/c1-55-29-27-41-36-50(61-5)53(62-6)54-52(41)44(55)32-39-23-26-46(59-3)48(34-39)63-42-24-21-38(22-25-42)33-45-43-37-49(64-54)47(60-4)35-40(43)28-31-56(45,2)30-19-17-15-13-11-9-7-8-10-12-14-16-18-20-51(57)58/h21-26,34-37,44-45H,7-20,27-33H2,1-6H3/p+1. The van der Waals surface area contributed by atoms with E-state index in [0.717, 1.165) is 85.3 Å². The highest BCUT2D eigenvalue weighted by atomic mass is 16.5. The van der Waals surface area contributed by atoms with Gasteiger partial charge in [0.1, 0.15) is 11.8 Å². The van der Waals surface area contributed by atoms with Gasteiger partial charge in [-0.3, -0.25) is 9.69 Å². The lowest BCUT2D eigenvalue weighted by molar-refractivity contribution is -0.941. The molecule has 0 aromatic heterocycles. The van der Waals surface area contributed by atoms with Crippen LogP contribution in [0.25, 0.3) is 0 Å². The number of likely N-dealkylation sites (N-methyl/N-ethyl adjacent to an activating group) is 2. The summed E-state index contributed by atoms with van der Waals surface area (Å²) in [4.78, 5) is 13.1. The van der Waals surface area contributed by atoms with Crippen molar-refractivity contribution in [2.45, 2.75) is 128 Å². The Labute approximate surface area is 382 Å². The zero-order valence-corrected chi connectivity index (χ0v) is 39.5. The van der Waals surface area contributed by atoms with Gasteiger partial charge < -0.3 is 38.0 Å².